The van der Waals surface area contributed by atoms with Crippen molar-refractivity contribution >= 4 is 16.2 Å². The second-order valence-corrected chi connectivity index (χ2v) is 9.86. The molecule has 0 saturated heterocycles. The van der Waals surface area contributed by atoms with E-state index in [9.17, 15) is 13.2 Å². The molecule has 2 aromatic carbocycles. The number of benzene rings is 2. The topological polar surface area (TPSA) is 90.9 Å². The molecule has 0 heterocycles. The molecule has 174 valence electrons. The lowest BCUT2D eigenvalue weighted by Crippen LogP contribution is -2.40. The number of hydrogen-bond acceptors (Lipinski definition) is 6. The first kappa shape index (κ1) is 25.6. The van der Waals surface area contributed by atoms with Gasteiger partial charge in [-0.3, -0.25) is 4.18 Å². The van der Waals surface area contributed by atoms with Crippen molar-refractivity contribution in [2.24, 2.45) is 0 Å². The number of alkyl carbamates (subject to hydrolysis) is 1. The Morgan fingerprint density at radius 1 is 1.03 bits per heavy atom. The van der Waals surface area contributed by atoms with Crippen LogP contribution in [0.4, 0.5) is 4.79 Å². The van der Waals surface area contributed by atoms with Crippen LogP contribution in [0.25, 0.3) is 0 Å². The fourth-order valence-corrected chi connectivity index (χ4v) is 3.16. The van der Waals surface area contributed by atoms with Crippen molar-refractivity contribution in [3.63, 3.8) is 0 Å². The summed E-state index contributed by atoms with van der Waals surface area (Å²) in [5.41, 5.74) is 1.11. The van der Waals surface area contributed by atoms with E-state index >= 15 is 0 Å². The summed E-state index contributed by atoms with van der Waals surface area (Å²) in [6, 6.07) is 18.4. The lowest BCUT2D eigenvalue weighted by Gasteiger charge is -2.28. The molecule has 0 aromatic heterocycles. The second kappa shape index (κ2) is 11.8. The van der Waals surface area contributed by atoms with Crippen LogP contribution in [0, 0.1) is 0 Å². The molecule has 1 amide bonds. The molecular weight excluding hydrogens is 430 g/mol. The molecular formula is C24H31NO6S. The van der Waals surface area contributed by atoms with Crippen molar-refractivity contribution < 1.29 is 26.9 Å². The minimum Gasteiger partial charge on any atom is -0.444 e. The zero-order valence-corrected chi connectivity index (χ0v) is 19.7. The van der Waals surface area contributed by atoms with Gasteiger partial charge in [-0.25, -0.2) is 4.79 Å². The van der Waals surface area contributed by atoms with Gasteiger partial charge in [0.15, 0.2) is 0 Å². The lowest BCUT2D eigenvalue weighted by atomic mass is 10.0. The number of carbonyl (C=O) groups excluding carboxylic acids is 1. The Labute approximate surface area is 190 Å². The Morgan fingerprint density at radius 2 is 1.62 bits per heavy atom. The minimum absolute atomic E-state index is 0.141. The molecule has 0 spiro atoms. The van der Waals surface area contributed by atoms with Gasteiger partial charge in [-0.15, -0.1) is 0 Å². The average Bonchev–Trinajstić information content (AvgIpc) is 2.71. The summed E-state index contributed by atoms with van der Waals surface area (Å²) in [6.07, 6.45) is 3.03. The highest BCUT2D eigenvalue weighted by molar-refractivity contribution is 7.85. The maximum absolute atomic E-state index is 12.6. The molecule has 0 aliphatic heterocycles. The number of hydrogen-bond donors (Lipinski definition) is 1. The zero-order valence-electron chi connectivity index (χ0n) is 18.9. The molecule has 0 bridgehead atoms. The maximum atomic E-state index is 12.6. The van der Waals surface area contributed by atoms with Crippen LogP contribution < -0.4 is 5.32 Å². The normalized spacial score (nSPS) is 14.1. The molecule has 0 unspecified atom stereocenters. The molecule has 32 heavy (non-hydrogen) atoms. The first-order valence-corrected chi connectivity index (χ1v) is 12.1. The second-order valence-electron chi connectivity index (χ2n) is 8.21. The first-order valence-electron chi connectivity index (χ1n) is 10.2. The van der Waals surface area contributed by atoms with Gasteiger partial charge in [-0.2, -0.15) is 8.42 Å². The number of rotatable bonds is 10. The molecule has 0 saturated carbocycles. The van der Waals surface area contributed by atoms with E-state index in [4.69, 9.17) is 13.7 Å². The molecule has 2 aromatic rings. The number of nitrogens with one attached hydrogen (secondary N) is 1. The van der Waals surface area contributed by atoms with Crippen LogP contribution in [0.2, 0.25) is 0 Å². The van der Waals surface area contributed by atoms with Crippen molar-refractivity contribution in [3.8, 4) is 0 Å². The summed E-state index contributed by atoms with van der Waals surface area (Å²) < 4.78 is 38.9. The smallest absolute Gasteiger partial charge is 0.408 e. The molecule has 1 N–H and O–H groups in total. The molecule has 7 nitrogen and oxygen atoms in total. The highest BCUT2D eigenvalue weighted by Gasteiger charge is 2.26. The van der Waals surface area contributed by atoms with Crippen LogP contribution in [0.3, 0.4) is 0 Å². The van der Waals surface area contributed by atoms with E-state index in [1.807, 2.05) is 60.7 Å². The number of amides is 1. The third kappa shape index (κ3) is 10.1. The van der Waals surface area contributed by atoms with Crippen molar-refractivity contribution in [1.29, 1.82) is 0 Å². The third-order valence-corrected chi connectivity index (χ3v) is 4.71. The molecule has 0 fully saturated rings. The molecule has 8 heteroatoms. The molecule has 2 rings (SSSR count). The summed E-state index contributed by atoms with van der Waals surface area (Å²) >= 11 is 0. The SMILES string of the molecule is CC(C)(C)OC(=O)N[C@@H](c1ccccc1)[C@H](/C=C/COS(C)(=O)=O)OCc1ccccc1. The van der Waals surface area contributed by atoms with E-state index in [-0.39, 0.29) is 6.61 Å². The Bertz CT molecular complexity index is 969. The summed E-state index contributed by atoms with van der Waals surface area (Å²) in [4.78, 5) is 12.6. The van der Waals surface area contributed by atoms with E-state index in [2.05, 4.69) is 5.32 Å². The third-order valence-electron chi connectivity index (χ3n) is 4.15. The van der Waals surface area contributed by atoms with Gasteiger partial charge in [-0.05, 0) is 31.9 Å². The molecule has 0 aliphatic rings. The Morgan fingerprint density at radius 3 is 2.19 bits per heavy atom. The summed E-state index contributed by atoms with van der Waals surface area (Å²) in [7, 11) is -3.57. The van der Waals surface area contributed by atoms with Crippen molar-refractivity contribution in [3.05, 3.63) is 83.9 Å². The van der Waals surface area contributed by atoms with Crippen LogP contribution in [-0.4, -0.2) is 39.1 Å². The fourth-order valence-electron chi connectivity index (χ4n) is 2.83. The van der Waals surface area contributed by atoms with E-state index in [0.717, 1.165) is 17.4 Å². The van der Waals surface area contributed by atoms with Crippen molar-refractivity contribution in [2.45, 2.75) is 45.1 Å². The Hall–Kier alpha value is -2.68. The van der Waals surface area contributed by atoms with Crippen LogP contribution >= 0.6 is 0 Å². The van der Waals surface area contributed by atoms with Crippen molar-refractivity contribution in [2.75, 3.05) is 12.9 Å². The number of carbonyl (C=O) groups is 1. The van der Waals surface area contributed by atoms with Crippen LogP contribution in [0.15, 0.2) is 72.8 Å². The minimum atomic E-state index is -3.57. The van der Waals surface area contributed by atoms with E-state index in [1.54, 1.807) is 32.9 Å². The Kier molecular flexibility index (Phi) is 9.43. The van der Waals surface area contributed by atoms with Gasteiger partial charge < -0.3 is 14.8 Å². The lowest BCUT2D eigenvalue weighted by molar-refractivity contribution is 0.0258. The van der Waals surface area contributed by atoms with Crippen molar-refractivity contribution in [1.82, 2.24) is 5.32 Å². The van der Waals surface area contributed by atoms with Gasteiger partial charge in [0.2, 0.25) is 0 Å². The molecule has 0 aliphatic carbocycles. The van der Waals surface area contributed by atoms with Crippen LogP contribution in [0.1, 0.15) is 37.9 Å². The Balaban J connectivity index is 2.28. The zero-order chi connectivity index (χ0) is 23.6. The first-order chi connectivity index (χ1) is 15.0. The van der Waals surface area contributed by atoms with Crippen LogP contribution in [0.5, 0.6) is 0 Å². The molecule has 0 radical (unpaired) electrons. The van der Waals surface area contributed by atoms with Gasteiger partial charge in [0.1, 0.15) is 11.7 Å². The average molecular weight is 462 g/mol. The predicted octanol–water partition coefficient (Wildman–Crippen LogP) is 4.37. The monoisotopic (exact) mass is 461 g/mol. The highest BCUT2D eigenvalue weighted by atomic mass is 32.2. The van der Waals surface area contributed by atoms with E-state index < -0.39 is 34.0 Å². The van der Waals surface area contributed by atoms with Gasteiger partial charge in [0.25, 0.3) is 10.1 Å². The summed E-state index contributed by atoms with van der Waals surface area (Å²) in [5, 5.41) is 2.89. The number of ether oxygens (including phenoxy) is 2. The fraction of sp³-hybridized carbons (Fsp3) is 0.375. The summed E-state index contributed by atoms with van der Waals surface area (Å²) in [6.45, 7) is 5.52. The van der Waals surface area contributed by atoms with E-state index in [0.29, 0.717) is 6.61 Å². The van der Waals surface area contributed by atoms with Gasteiger partial charge in [0, 0.05) is 0 Å². The summed E-state index contributed by atoms with van der Waals surface area (Å²) in [5.74, 6) is 0. The quantitative estimate of drug-likeness (QED) is 0.417. The standard InChI is InChI=1S/C24H31NO6S/c1-24(2,3)31-23(26)25-22(20-14-9-6-10-15-20)21(16-11-17-30-32(4,27)28)29-18-19-12-7-5-8-13-19/h5-16,21-22H,17-18H2,1-4H3,(H,25,26)/b16-11+/t21-,22-/m0/s1. The van der Waals surface area contributed by atoms with Gasteiger partial charge in [-0.1, -0.05) is 72.8 Å². The van der Waals surface area contributed by atoms with Gasteiger partial charge in [0.05, 0.1) is 25.5 Å². The van der Waals surface area contributed by atoms with E-state index in [1.165, 1.54) is 0 Å². The highest BCUT2D eigenvalue weighted by Crippen LogP contribution is 2.23. The molecule has 2 atom stereocenters. The van der Waals surface area contributed by atoms with Gasteiger partial charge >= 0.3 is 6.09 Å². The predicted molar refractivity (Wildman–Crippen MR) is 124 cm³/mol. The van der Waals surface area contributed by atoms with Crippen LogP contribution in [-0.2, 0) is 30.4 Å². The largest absolute Gasteiger partial charge is 0.444 e. The maximum Gasteiger partial charge on any atom is 0.408 e.